The van der Waals surface area contributed by atoms with Crippen LogP contribution in [-0.4, -0.2) is 60.5 Å². The summed E-state index contributed by atoms with van der Waals surface area (Å²) >= 11 is 6.02. The van der Waals surface area contributed by atoms with Crippen molar-refractivity contribution >= 4 is 35.3 Å². The molecule has 1 aromatic heterocycles. The second-order valence-corrected chi connectivity index (χ2v) is 7.77. The molecule has 1 amide bonds. The van der Waals surface area contributed by atoms with Crippen LogP contribution in [0.5, 0.6) is 0 Å². The van der Waals surface area contributed by atoms with Crippen molar-refractivity contribution in [1.82, 2.24) is 15.2 Å². The monoisotopic (exact) mass is 441 g/mol. The molecule has 0 spiro atoms. The number of guanidine groups is 1. The van der Waals surface area contributed by atoms with E-state index in [1.165, 1.54) is 0 Å². The third-order valence-corrected chi connectivity index (χ3v) is 5.65. The molecule has 8 nitrogen and oxygen atoms in total. The zero-order chi connectivity index (χ0) is 21.8. The molecule has 0 unspecified atom stereocenters. The van der Waals surface area contributed by atoms with Gasteiger partial charge >= 0.3 is 5.97 Å². The van der Waals surface area contributed by atoms with E-state index in [4.69, 9.17) is 21.3 Å². The largest absolute Gasteiger partial charge is 0.465 e. The zero-order valence-electron chi connectivity index (χ0n) is 17.2. The Hall–Kier alpha value is -3.13. The van der Waals surface area contributed by atoms with E-state index in [0.29, 0.717) is 24.1 Å². The highest BCUT2D eigenvalue weighted by Gasteiger charge is 2.42. The smallest absolute Gasteiger partial charge is 0.321 e. The van der Waals surface area contributed by atoms with Gasteiger partial charge in [0.25, 0.3) is 0 Å². The number of aromatic nitrogens is 1. The lowest BCUT2D eigenvalue weighted by molar-refractivity contribution is -0.153. The van der Waals surface area contributed by atoms with Gasteiger partial charge in [0.1, 0.15) is 11.9 Å². The maximum absolute atomic E-state index is 12.9. The number of carbonyl (C=O) groups excluding carboxylic acids is 2. The van der Waals surface area contributed by atoms with Gasteiger partial charge in [-0.25, -0.2) is 9.98 Å². The third kappa shape index (κ3) is 4.64. The number of carbonyl (C=O) groups is 2. The second kappa shape index (κ2) is 9.34. The number of benzene rings is 1. The van der Waals surface area contributed by atoms with Crippen LogP contribution >= 0.6 is 11.6 Å². The predicted molar refractivity (Wildman–Crippen MR) is 118 cm³/mol. The lowest BCUT2D eigenvalue weighted by Gasteiger charge is -2.39. The van der Waals surface area contributed by atoms with E-state index < -0.39 is 23.8 Å². The van der Waals surface area contributed by atoms with Crippen LogP contribution in [0.4, 0.5) is 5.82 Å². The molecule has 2 atom stereocenters. The summed E-state index contributed by atoms with van der Waals surface area (Å²) in [4.78, 5) is 38.9. The van der Waals surface area contributed by atoms with Crippen molar-refractivity contribution in [3.8, 4) is 0 Å². The molecule has 0 bridgehead atoms. The molecule has 0 radical (unpaired) electrons. The number of aliphatic imine (C=N–C) groups is 1. The highest BCUT2D eigenvalue weighted by molar-refractivity contribution is 6.30. The molecule has 162 valence electrons. The van der Waals surface area contributed by atoms with E-state index in [0.717, 1.165) is 24.5 Å². The minimum Gasteiger partial charge on any atom is -0.465 e. The number of nitrogens with one attached hydrogen (secondary N) is 1. The number of nitrogens with zero attached hydrogens (tertiary/aromatic N) is 4. The molecule has 1 saturated heterocycles. The standard InChI is InChI=1S/C22H24ClN5O3/c1-2-31-21(30)18-19(15-6-8-16(23)9-7-15)25-22(26-20(18)29)28-13-11-27(12-14-28)17-5-3-4-10-24-17/h3-10,18-19H,2,11-14H2,1H3,(H,25,26,29)/t18-,19-/m0/s1. The third-order valence-electron chi connectivity index (χ3n) is 5.40. The van der Waals surface area contributed by atoms with Crippen LogP contribution in [0.1, 0.15) is 18.5 Å². The van der Waals surface area contributed by atoms with Gasteiger partial charge in [-0.05, 0) is 36.8 Å². The summed E-state index contributed by atoms with van der Waals surface area (Å²) in [6.07, 6.45) is 1.78. The van der Waals surface area contributed by atoms with Crippen LogP contribution < -0.4 is 10.2 Å². The number of ether oxygens (including phenoxy) is 1. The van der Waals surface area contributed by atoms with E-state index in [-0.39, 0.29) is 6.61 Å². The highest BCUT2D eigenvalue weighted by Crippen LogP contribution is 2.31. The molecular formula is C22H24ClN5O3. The number of hydrogen-bond donors (Lipinski definition) is 1. The Morgan fingerprint density at radius 1 is 1.13 bits per heavy atom. The molecule has 1 fully saturated rings. The molecule has 2 aromatic rings. The number of pyridine rings is 1. The first kappa shape index (κ1) is 21.1. The Morgan fingerprint density at radius 2 is 1.84 bits per heavy atom. The average Bonchev–Trinajstić information content (AvgIpc) is 2.80. The van der Waals surface area contributed by atoms with E-state index in [1.807, 2.05) is 23.1 Å². The summed E-state index contributed by atoms with van der Waals surface area (Å²) in [5.41, 5.74) is 0.738. The lowest BCUT2D eigenvalue weighted by atomic mass is 9.91. The van der Waals surface area contributed by atoms with Crippen LogP contribution in [0, 0.1) is 5.92 Å². The van der Waals surface area contributed by atoms with Crippen molar-refractivity contribution in [2.75, 3.05) is 37.7 Å². The quantitative estimate of drug-likeness (QED) is 0.578. The van der Waals surface area contributed by atoms with Crippen molar-refractivity contribution in [3.05, 3.63) is 59.2 Å². The molecule has 2 aliphatic rings. The first-order valence-electron chi connectivity index (χ1n) is 10.3. The van der Waals surface area contributed by atoms with E-state index in [1.54, 1.807) is 37.4 Å². The number of esters is 1. The summed E-state index contributed by atoms with van der Waals surface area (Å²) in [7, 11) is 0. The van der Waals surface area contributed by atoms with Gasteiger partial charge < -0.3 is 14.5 Å². The molecule has 2 aliphatic heterocycles. The number of hydrogen-bond acceptors (Lipinski definition) is 7. The normalized spacial score (nSPS) is 21.4. The van der Waals surface area contributed by atoms with Crippen LogP contribution in [0.25, 0.3) is 0 Å². The number of anilines is 1. The summed E-state index contributed by atoms with van der Waals surface area (Å²) < 4.78 is 5.15. The van der Waals surface area contributed by atoms with Crippen molar-refractivity contribution in [2.45, 2.75) is 13.0 Å². The summed E-state index contributed by atoms with van der Waals surface area (Å²) in [5.74, 6) is -0.623. The van der Waals surface area contributed by atoms with Gasteiger partial charge in [0.15, 0.2) is 5.92 Å². The summed E-state index contributed by atoms with van der Waals surface area (Å²) in [6.45, 7) is 4.76. The molecule has 0 aliphatic carbocycles. The number of amides is 1. The maximum Gasteiger partial charge on any atom is 0.321 e. The van der Waals surface area contributed by atoms with Crippen LogP contribution in [-0.2, 0) is 14.3 Å². The van der Waals surface area contributed by atoms with E-state index in [9.17, 15) is 9.59 Å². The fourth-order valence-corrected chi connectivity index (χ4v) is 3.94. The topological polar surface area (TPSA) is 87.1 Å². The zero-order valence-corrected chi connectivity index (χ0v) is 18.0. The van der Waals surface area contributed by atoms with Gasteiger partial charge in [-0.1, -0.05) is 29.8 Å². The fourth-order valence-electron chi connectivity index (χ4n) is 3.81. The van der Waals surface area contributed by atoms with Gasteiger partial charge in [-0.15, -0.1) is 0 Å². The number of halogens is 1. The Labute approximate surface area is 185 Å². The molecule has 9 heteroatoms. The Bertz CT molecular complexity index is 959. The van der Waals surface area contributed by atoms with Gasteiger partial charge in [-0.2, -0.15) is 0 Å². The maximum atomic E-state index is 12.9. The molecule has 3 heterocycles. The first-order chi connectivity index (χ1) is 15.1. The first-order valence-corrected chi connectivity index (χ1v) is 10.7. The van der Waals surface area contributed by atoms with E-state index >= 15 is 0 Å². The molecular weight excluding hydrogens is 418 g/mol. The fraction of sp³-hybridized carbons (Fsp3) is 0.364. The SMILES string of the molecule is CCOC(=O)[C@@H]1C(=O)NC(N2CCN(c3ccccn3)CC2)=N[C@H]1c1ccc(Cl)cc1. The summed E-state index contributed by atoms with van der Waals surface area (Å²) in [5, 5.41) is 3.39. The van der Waals surface area contributed by atoms with Crippen molar-refractivity contribution in [2.24, 2.45) is 10.9 Å². The van der Waals surface area contributed by atoms with Crippen LogP contribution in [0.3, 0.4) is 0 Å². The van der Waals surface area contributed by atoms with Crippen molar-refractivity contribution in [1.29, 1.82) is 0 Å². The van der Waals surface area contributed by atoms with Gasteiger partial charge in [0.05, 0.1) is 6.61 Å². The lowest BCUT2D eigenvalue weighted by Crippen LogP contribution is -2.57. The predicted octanol–water partition coefficient (Wildman–Crippen LogP) is 2.26. The van der Waals surface area contributed by atoms with Crippen LogP contribution in [0.2, 0.25) is 5.02 Å². The Kier molecular flexibility index (Phi) is 6.36. The number of rotatable bonds is 4. The van der Waals surface area contributed by atoms with Crippen LogP contribution in [0.15, 0.2) is 53.7 Å². The van der Waals surface area contributed by atoms with Crippen molar-refractivity contribution < 1.29 is 14.3 Å². The summed E-state index contributed by atoms with van der Waals surface area (Å²) in [6, 6.07) is 12.2. The van der Waals surface area contributed by atoms with Gasteiger partial charge in [0.2, 0.25) is 11.9 Å². The highest BCUT2D eigenvalue weighted by atomic mass is 35.5. The Balaban J connectivity index is 1.56. The molecule has 4 rings (SSSR count). The van der Waals surface area contributed by atoms with E-state index in [2.05, 4.69) is 15.2 Å². The average molecular weight is 442 g/mol. The number of piperazine rings is 1. The molecule has 1 N–H and O–H groups in total. The second-order valence-electron chi connectivity index (χ2n) is 7.33. The molecule has 31 heavy (non-hydrogen) atoms. The van der Waals surface area contributed by atoms with Crippen molar-refractivity contribution in [3.63, 3.8) is 0 Å². The molecule has 0 saturated carbocycles. The molecule has 1 aromatic carbocycles. The minimum atomic E-state index is -1.04. The van der Waals surface area contributed by atoms with Gasteiger partial charge in [-0.3, -0.25) is 14.9 Å². The van der Waals surface area contributed by atoms with Gasteiger partial charge in [0, 0.05) is 37.4 Å². The Morgan fingerprint density at radius 3 is 2.48 bits per heavy atom. The minimum absolute atomic E-state index is 0.196.